The largest absolute Gasteiger partial charge is 0.478 e. The lowest BCUT2D eigenvalue weighted by molar-refractivity contribution is 0.0696. The summed E-state index contributed by atoms with van der Waals surface area (Å²) >= 11 is 1.39. The molecule has 0 bridgehead atoms. The fourth-order valence-corrected chi connectivity index (χ4v) is 4.29. The molecule has 29 heavy (non-hydrogen) atoms. The molecule has 1 aliphatic rings. The average Bonchev–Trinajstić information content (AvgIpc) is 2.72. The lowest BCUT2D eigenvalue weighted by Crippen LogP contribution is -2.11. The molecule has 4 rings (SSSR count). The molecule has 5 nitrogen and oxygen atoms in total. The second-order valence-corrected chi connectivity index (χ2v) is 7.82. The van der Waals surface area contributed by atoms with E-state index in [0.717, 1.165) is 34.7 Å². The minimum atomic E-state index is -0.937. The summed E-state index contributed by atoms with van der Waals surface area (Å²) in [6.45, 7) is 0. The number of pyridine rings is 1. The Balaban J connectivity index is 1.68. The van der Waals surface area contributed by atoms with Crippen molar-refractivity contribution < 1.29 is 9.90 Å². The van der Waals surface area contributed by atoms with E-state index in [1.807, 2.05) is 30.3 Å². The third-order valence-electron chi connectivity index (χ3n) is 5.17. The van der Waals surface area contributed by atoms with Gasteiger partial charge in [0.2, 0.25) is 0 Å². The highest BCUT2D eigenvalue weighted by Crippen LogP contribution is 2.42. The first-order valence-corrected chi connectivity index (χ1v) is 10.2. The fraction of sp³-hybridized carbons (Fsp3) is 0.174. The zero-order chi connectivity index (χ0) is 20.2. The number of rotatable bonds is 6. The summed E-state index contributed by atoms with van der Waals surface area (Å²) in [7, 11) is 0. The topological polar surface area (TPSA) is 86.0 Å². The van der Waals surface area contributed by atoms with Gasteiger partial charge in [0, 0.05) is 16.7 Å². The summed E-state index contributed by atoms with van der Waals surface area (Å²) in [6.07, 6.45) is 5.19. The fourth-order valence-electron chi connectivity index (χ4n) is 3.37. The number of carboxylic acid groups (broad SMARTS) is 1. The zero-order valence-electron chi connectivity index (χ0n) is 15.6. The van der Waals surface area contributed by atoms with Crippen molar-refractivity contribution in [2.45, 2.75) is 30.1 Å². The van der Waals surface area contributed by atoms with Gasteiger partial charge in [-0.25, -0.2) is 4.79 Å². The van der Waals surface area contributed by atoms with Crippen molar-refractivity contribution in [1.82, 2.24) is 4.98 Å². The Bertz CT molecular complexity index is 1090. The Kier molecular flexibility index (Phi) is 5.50. The number of aromatic carboxylic acids is 1. The van der Waals surface area contributed by atoms with Crippen LogP contribution >= 0.6 is 11.9 Å². The first-order chi connectivity index (χ1) is 14.2. The van der Waals surface area contributed by atoms with Crippen molar-refractivity contribution in [2.75, 3.05) is 4.72 Å². The third kappa shape index (κ3) is 4.10. The number of nitriles is 1. The maximum absolute atomic E-state index is 11.4. The summed E-state index contributed by atoms with van der Waals surface area (Å²) < 4.78 is 3.34. The first-order valence-electron chi connectivity index (χ1n) is 9.41. The van der Waals surface area contributed by atoms with Crippen LogP contribution in [0.4, 0.5) is 5.69 Å². The Morgan fingerprint density at radius 3 is 2.69 bits per heavy atom. The molecule has 0 saturated heterocycles. The number of benzene rings is 2. The molecule has 3 aromatic rings. The highest BCUT2D eigenvalue weighted by Gasteiger charge is 2.23. The zero-order valence-corrected chi connectivity index (χ0v) is 16.4. The van der Waals surface area contributed by atoms with Crippen LogP contribution in [-0.4, -0.2) is 16.1 Å². The van der Waals surface area contributed by atoms with E-state index in [0.29, 0.717) is 11.5 Å². The number of hydrogen-bond donors (Lipinski definition) is 2. The summed E-state index contributed by atoms with van der Waals surface area (Å²) in [5, 5.41) is 18.7. The van der Waals surface area contributed by atoms with Crippen LogP contribution < -0.4 is 4.72 Å². The van der Waals surface area contributed by atoms with Crippen LogP contribution in [0.25, 0.3) is 11.3 Å². The number of hydrogen-bond acceptors (Lipinski definition) is 5. The van der Waals surface area contributed by atoms with E-state index in [2.05, 4.69) is 15.8 Å². The lowest BCUT2D eigenvalue weighted by Gasteiger charge is -2.28. The standard InChI is InChI=1S/C23H19N3O2S/c24-14-15-7-9-19(20-6-1-2-11-25-20)21(12-15)26-29-22-13-17(23(27)28)8-10-18(22)16-4-3-5-16/h1-2,6-13,16,26H,3-5H2,(H,27,28). The molecule has 0 radical (unpaired) electrons. The Morgan fingerprint density at radius 1 is 1.17 bits per heavy atom. The van der Waals surface area contributed by atoms with Crippen LogP contribution in [0.5, 0.6) is 0 Å². The Morgan fingerprint density at radius 2 is 2.03 bits per heavy atom. The molecular weight excluding hydrogens is 382 g/mol. The monoisotopic (exact) mass is 401 g/mol. The summed E-state index contributed by atoms with van der Waals surface area (Å²) in [5.41, 5.74) is 4.46. The van der Waals surface area contributed by atoms with Crippen LogP contribution in [0.2, 0.25) is 0 Å². The molecule has 0 aliphatic heterocycles. The predicted octanol–water partition coefficient (Wildman–Crippen LogP) is 5.71. The summed E-state index contributed by atoms with van der Waals surface area (Å²) in [6, 6.07) is 18.6. The van der Waals surface area contributed by atoms with E-state index in [1.54, 1.807) is 30.5 Å². The lowest BCUT2D eigenvalue weighted by atomic mass is 9.80. The minimum Gasteiger partial charge on any atom is -0.478 e. The average molecular weight is 401 g/mol. The second-order valence-electron chi connectivity index (χ2n) is 6.98. The molecule has 2 aromatic carbocycles. The van der Waals surface area contributed by atoms with Gasteiger partial charge in [-0.05, 0) is 78.7 Å². The molecule has 1 heterocycles. The number of nitrogens with zero attached hydrogens (tertiary/aromatic N) is 2. The maximum Gasteiger partial charge on any atom is 0.335 e. The van der Waals surface area contributed by atoms with Gasteiger partial charge >= 0.3 is 5.97 Å². The molecule has 0 spiro atoms. The van der Waals surface area contributed by atoms with E-state index in [4.69, 9.17) is 0 Å². The molecule has 1 fully saturated rings. The van der Waals surface area contributed by atoms with E-state index in [9.17, 15) is 15.2 Å². The van der Waals surface area contributed by atoms with E-state index < -0.39 is 5.97 Å². The van der Waals surface area contributed by atoms with Gasteiger partial charge in [-0.1, -0.05) is 18.6 Å². The summed E-state index contributed by atoms with van der Waals surface area (Å²) in [5.74, 6) is -0.462. The quantitative estimate of drug-likeness (QED) is 0.515. The van der Waals surface area contributed by atoms with Gasteiger partial charge in [0.1, 0.15) is 0 Å². The molecule has 0 amide bonds. The highest BCUT2D eigenvalue weighted by molar-refractivity contribution is 8.00. The molecule has 1 saturated carbocycles. The second kappa shape index (κ2) is 8.38. The molecule has 1 aliphatic carbocycles. The van der Waals surface area contributed by atoms with Crippen LogP contribution in [0.15, 0.2) is 65.7 Å². The molecule has 6 heteroatoms. The number of anilines is 1. The van der Waals surface area contributed by atoms with Gasteiger partial charge in [-0.3, -0.25) is 4.98 Å². The van der Waals surface area contributed by atoms with Gasteiger partial charge in [0.05, 0.1) is 28.6 Å². The van der Waals surface area contributed by atoms with E-state index >= 15 is 0 Å². The third-order valence-corrected chi connectivity index (χ3v) is 6.06. The number of nitrogens with one attached hydrogen (secondary N) is 1. The van der Waals surface area contributed by atoms with Crippen molar-refractivity contribution in [2.24, 2.45) is 0 Å². The molecule has 0 atom stereocenters. The van der Waals surface area contributed by atoms with Crippen LogP contribution in [0, 0.1) is 11.3 Å². The van der Waals surface area contributed by atoms with Gasteiger partial charge in [0.25, 0.3) is 0 Å². The van der Waals surface area contributed by atoms with Crippen molar-refractivity contribution in [1.29, 1.82) is 5.26 Å². The molecule has 0 unspecified atom stereocenters. The summed E-state index contributed by atoms with van der Waals surface area (Å²) in [4.78, 5) is 16.8. The smallest absolute Gasteiger partial charge is 0.335 e. The number of carbonyl (C=O) groups is 1. The van der Waals surface area contributed by atoms with Crippen LogP contribution in [0.3, 0.4) is 0 Å². The van der Waals surface area contributed by atoms with Gasteiger partial charge in [-0.2, -0.15) is 5.26 Å². The minimum absolute atomic E-state index is 0.271. The van der Waals surface area contributed by atoms with Crippen LogP contribution in [-0.2, 0) is 0 Å². The maximum atomic E-state index is 11.4. The van der Waals surface area contributed by atoms with E-state index in [-0.39, 0.29) is 5.56 Å². The molecular formula is C23H19N3O2S. The van der Waals surface area contributed by atoms with Crippen molar-refractivity contribution >= 4 is 23.6 Å². The molecule has 144 valence electrons. The van der Waals surface area contributed by atoms with Crippen molar-refractivity contribution in [3.05, 3.63) is 77.5 Å². The van der Waals surface area contributed by atoms with Crippen molar-refractivity contribution in [3.8, 4) is 17.3 Å². The normalized spacial score (nSPS) is 13.3. The predicted molar refractivity (Wildman–Crippen MR) is 114 cm³/mol. The SMILES string of the molecule is N#Cc1ccc(-c2ccccn2)c(NSc2cc(C(=O)O)ccc2C2CCC2)c1. The molecule has 2 N–H and O–H groups in total. The van der Waals surface area contributed by atoms with Crippen molar-refractivity contribution in [3.63, 3.8) is 0 Å². The molecule has 1 aromatic heterocycles. The van der Waals surface area contributed by atoms with Gasteiger partial charge in [0.15, 0.2) is 0 Å². The van der Waals surface area contributed by atoms with Gasteiger partial charge in [-0.15, -0.1) is 0 Å². The highest BCUT2D eigenvalue weighted by atomic mass is 32.2. The Labute approximate surface area is 173 Å². The van der Waals surface area contributed by atoms with Crippen LogP contribution in [0.1, 0.15) is 46.7 Å². The Hall–Kier alpha value is -3.30. The first kappa shape index (κ1) is 19.0. The van der Waals surface area contributed by atoms with Gasteiger partial charge < -0.3 is 9.83 Å². The van der Waals surface area contributed by atoms with E-state index in [1.165, 1.54) is 23.9 Å². The number of aromatic nitrogens is 1. The number of carboxylic acids is 1.